The lowest BCUT2D eigenvalue weighted by molar-refractivity contribution is -0.275. The molecule has 0 aliphatic heterocycles. The second-order valence-electron chi connectivity index (χ2n) is 10.6. The van der Waals surface area contributed by atoms with Crippen LogP contribution in [0, 0.1) is 11.2 Å². The lowest BCUT2D eigenvalue weighted by Crippen LogP contribution is -2.67. The van der Waals surface area contributed by atoms with Crippen molar-refractivity contribution >= 4 is 18.7 Å². The molecule has 0 heterocycles. The third-order valence-corrected chi connectivity index (χ3v) is 11.3. The van der Waals surface area contributed by atoms with E-state index < -0.39 is 37.8 Å². The van der Waals surface area contributed by atoms with Gasteiger partial charge in [-0.05, 0) is 33.1 Å². The van der Waals surface area contributed by atoms with Crippen LogP contribution in [0.5, 0.6) is 5.75 Å². The Morgan fingerprint density at radius 3 is 1.72 bits per heavy atom. The van der Waals surface area contributed by atoms with Crippen LogP contribution >= 0.6 is 0 Å². The Hall–Kier alpha value is -2.68. The lowest BCUT2D eigenvalue weighted by Gasteiger charge is -2.45. The summed E-state index contributed by atoms with van der Waals surface area (Å²) in [5.41, 5.74) is -0.760. The molecule has 0 amide bonds. The Kier molecular flexibility index (Phi) is 8.03. The fraction of sp³-hybridized carbons (Fsp3) is 0.357. The molecular weight excluding hydrogens is 488 g/mol. The van der Waals surface area contributed by atoms with Crippen molar-refractivity contribution < 1.29 is 31.8 Å². The highest BCUT2D eigenvalue weighted by Crippen LogP contribution is 2.41. The number of rotatable bonds is 8. The molecule has 0 aliphatic rings. The monoisotopic (exact) mass is 520 g/mol. The third kappa shape index (κ3) is 5.99. The van der Waals surface area contributed by atoms with E-state index in [1.807, 2.05) is 36.4 Å². The van der Waals surface area contributed by atoms with Gasteiger partial charge in [-0.25, -0.2) is 4.39 Å². The maximum Gasteiger partial charge on any atom is 0.573 e. The first-order valence-electron chi connectivity index (χ1n) is 11.7. The van der Waals surface area contributed by atoms with E-state index in [0.29, 0.717) is 0 Å². The number of ether oxygens (including phenoxy) is 1. The molecular formula is C28H32F4O3Si. The minimum absolute atomic E-state index is 0.129. The van der Waals surface area contributed by atoms with E-state index in [1.54, 1.807) is 13.8 Å². The first-order valence-corrected chi connectivity index (χ1v) is 13.6. The van der Waals surface area contributed by atoms with Crippen LogP contribution in [0.1, 0.15) is 46.3 Å². The van der Waals surface area contributed by atoms with Gasteiger partial charge in [0.2, 0.25) is 0 Å². The second-order valence-corrected chi connectivity index (χ2v) is 14.9. The zero-order valence-electron chi connectivity index (χ0n) is 21.1. The molecule has 3 aromatic carbocycles. The van der Waals surface area contributed by atoms with Crippen molar-refractivity contribution in [3.8, 4) is 5.75 Å². The number of hydrogen-bond donors (Lipinski definition) is 1. The van der Waals surface area contributed by atoms with Gasteiger partial charge >= 0.3 is 6.36 Å². The molecule has 194 valence electrons. The molecule has 0 aliphatic carbocycles. The van der Waals surface area contributed by atoms with Crippen LogP contribution in [-0.2, 0) is 4.43 Å². The summed E-state index contributed by atoms with van der Waals surface area (Å²) in [5.74, 6) is -2.15. The maximum atomic E-state index is 14.3. The molecule has 3 nitrogen and oxygen atoms in total. The fourth-order valence-electron chi connectivity index (χ4n) is 4.48. The van der Waals surface area contributed by atoms with Gasteiger partial charge in [0.05, 0.1) is 6.10 Å². The van der Waals surface area contributed by atoms with E-state index >= 15 is 0 Å². The Morgan fingerprint density at radius 1 is 0.806 bits per heavy atom. The molecule has 0 radical (unpaired) electrons. The molecule has 0 bridgehead atoms. The molecule has 1 N–H and O–H groups in total. The molecule has 36 heavy (non-hydrogen) atoms. The maximum absolute atomic E-state index is 14.3. The third-order valence-electron chi connectivity index (χ3n) is 6.32. The molecule has 3 rings (SSSR count). The normalized spacial score (nSPS) is 13.9. The number of aliphatic hydroxyl groups is 1. The van der Waals surface area contributed by atoms with Gasteiger partial charge in [0, 0.05) is 12.0 Å². The summed E-state index contributed by atoms with van der Waals surface area (Å²) in [5, 5.41) is 13.0. The van der Waals surface area contributed by atoms with E-state index in [-0.39, 0.29) is 17.2 Å². The number of alkyl halides is 3. The summed E-state index contributed by atoms with van der Waals surface area (Å²) in [6, 6.07) is 23.0. The Bertz CT molecular complexity index is 1100. The summed E-state index contributed by atoms with van der Waals surface area (Å²) >= 11 is 0. The Labute approximate surface area is 210 Å². The van der Waals surface area contributed by atoms with Crippen LogP contribution in [0.4, 0.5) is 17.6 Å². The summed E-state index contributed by atoms with van der Waals surface area (Å²) in [7, 11) is -2.88. The van der Waals surface area contributed by atoms with E-state index in [4.69, 9.17) is 4.43 Å². The van der Waals surface area contributed by atoms with Crippen LogP contribution in [0.3, 0.4) is 0 Å². The summed E-state index contributed by atoms with van der Waals surface area (Å²) in [6.07, 6.45) is -6.21. The van der Waals surface area contributed by atoms with Crippen LogP contribution in [0.15, 0.2) is 78.9 Å². The zero-order chi connectivity index (χ0) is 26.8. The lowest BCUT2D eigenvalue weighted by atomic mass is 9.83. The highest BCUT2D eigenvalue weighted by atomic mass is 28.4. The van der Waals surface area contributed by atoms with E-state index in [9.17, 15) is 22.7 Å². The summed E-state index contributed by atoms with van der Waals surface area (Å²) in [4.78, 5) is 0. The number of benzene rings is 3. The second kappa shape index (κ2) is 10.4. The van der Waals surface area contributed by atoms with Crippen molar-refractivity contribution in [1.29, 1.82) is 0 Å². The average molecular weight is 521 g/mol. The van der Waals surface area contributed by atoms with Gasteiger partial charge in [-0.3, -0.25) is 0 Å². The number of aliphatic hydroxyl groups excluding tert-OH is 1. The minimum Gasteiger partial charge on any atom is -0.407 e. The largest absolute Gasteiger partial charge is 0.573 e. The minimum atomic E-state index is -5.01. The van der Waals surface area contributed by atoms with Crippen molar-refractivity contribution in [2.75, 3.05) is 6.61 Å². The number of hydrogen-bond acceptors (Lipinski definition) is 3. The van der Waals surface area contributed by atoms with Crippen molar-refractivity contribution in [2.45, 2.75) is 52.1 Å². The highest BCUT2D eigenvalue weighted by Gasteiger charge is 2.51. The van der Waals surface area contributed by atoms with Crippen LogP contribution < -0.4 is 15.1 Å². The molecule has 8 heteroatoms. The van der Waals surface area contributed by atoms with Gasteiger partial charge in [0.15, 0.2) is 11.6 Å². The molecule has 0 saturated carbocycles. The van der Waals surface area contributed by atoms with Gasteiger partial charge < -0.3 is 14.3 Å². The zero-order valence-corrected chi connectivity index (χ0v) is 22.1. The molecule has 0 aromatic heterocycles. The predicted molar refractivity (Wildman–Crippen MR) is 135 cm³/mol. The Morgan fingerprint density at radius 2 is 1.31 bits per heavy atom. The standard InChI is InChI=1S/C28H32F4O3Si/c1-26(2,3)36(21-12-8-6-9-13-21,22-14-10-7-11-15-22)34-19-27(4,5)25(33)20-16-17-24(23(29)18-20)35-28(30,31)32/h6-18,25,33H,19H2,1-5H3. The summed E-state index contributed by atoms with van der Waals surface area (Å²) in [6.45, 7) is 10.1. The molecule has 0 fully saturated rings. The fourth-order valence-corrected chi connectivity index (χ4v) is 9.22. The molecule has 3 aromatic rings. The van der Waals surface area contributed by atoms with Crippen LogP contribution in [0.25, 0.3) is 0 Å². The van der Waals surface area contributed by atoms with Gasteiger partial charge in [0.25, 0.3) is 8.32 Å². The van der Waals surface area contributed by atoms with Crippen molar-refractivity contribution in [3.05, 3.63) is 90.2 Å². The molecule has 1 atom stereocenters. The quantitative estimate of drug-likeness (QED) is 0.278. The van der Waals surface area contributed by atoms with Gasteiger partial charge in [-0.2, -0.15) is 0 Å². The SMILES string of the molecule is CC(C)(CO[Si](c1ccccc1)(c1ccccc1)C(C)(C)C)C(O)c1ccc(OC(F)(F)F)c(F)c1. The van der Waals surface area contributed by atoms with E-state index in [2.05, 4.69) is 49.8 Å². The van der Waals surface area contributed by atoms with Crippen LogP contribution in [-0.4, -0.2) is 26.4 Å². The predicted octanol–water partition coefficient (Wildman–Crippen LogP) is 6.36. The van der Waals surface area contributed by atoms with Crippen molar-refractivity contribution in [1.82, 2.24) is 0 Å². The molecule has 0 saturated heterocycles. The Balaban J connectivity index is 1.96. The smallest absolute Gasteiger partial charge is 0.407 e. The topological polar surface area (TPSA) is 38.7 Å². The highest BCUT2D eigenvalue weighted by molar-refractivity contribution is 6.99. The van der Waals surface area contributed by atoms with Crippen LogP contribution in [0.2, 0.25) is 5.04 Å². The van der Waals surface area contributed by atoms with Crippen molar-refractivity contribution in [3.63, 3.8) is 0 Å². The van der Waals surface area contributed by atoms with Gasteiger partial charge in [-0.15, -0.1) is 13.2 Å². The first-order chi connectivity index (χ1) is 16.7. The first kappa shape index (κ1) is 27.9. The molecule has 0 spiro atoms. The van der Waals surface area contributed by atoms with Gasteiger partial charge in [0.1, 0.15) is 0 Å². The van der Waals surface area contributed by atoms with Gasteiger partial charge in [-0.1, -0.05) is 101 Å². The van der Waals surface area contributed by atoms with E-state index in [1.165, 1.54) is 6.07 Å². The van der Waals surface area contributed by atoms with E-state index in [0.717, 1.165) is 22.5 Å². The number of halogens is 4. The van der Waals surface area contributed by atoms with Crippen molar-refractivity contribution in [2.24, 2.45) is 5.41 Å². The summed E-state index contributed by atoms with van der Waals surface area (Å²) < 4.78 is 62.5. The average Bonchev–Trinajstić information content (AvgIpc) is 2.80. The molecule has 1 unspecified atom stereocenters.